The molecule has 23 heavy (non-hydrogen) atoms. The van der Waals surface area contributed by atoms with Crippen molar-refractivity contribution in [2.75, 3.05) is 25.0 Å². The van der Waals surface area contributed by atoms with Crippen LogP contribution in [-0.2, 0) is 19.6 Å². The summed E-state index contributed by atoms with van der Waals surface area (Å²) in [6.07, 6.45) is 0.167. The van der Waals surface area contributed by atoms with E-state index in [1.807, 2.05) is 18.7 Å². The molecule has 8 heteroatoms. The molecule has 0 saturated carbocycles. The molecule has 128 valence electrons. The van der Waals surface area contributed by atoms with Crippen LogP contribution in [0.4, 0.5) is 5.69 Å². The van der Waals surface area contributed by atoms with Gasteiger partial charge in [-0.15, -0.1) is 0 Å². The first-order valence-corrected chi connectivity index (χ1v) is 9.01. The number of sulfonamides is 1. The molecule has 0 radical (unpaired) electrons. The summed E-state index contributed by atoms with van der Waals surface area (Å²) in [6, 6.07) is 4.66. The van der Waals surface area contributed by atoms with E-state index in [-0.39, 0.29) is 29.6 Å². The molecule has 0 aliphatic carbocycles. The first-order valence-electron chi connectivity index (χ1n) is 7.46. The van der Waals surface area contributed by atoms with Crippen LogP contribution in [0.25, 0.3) is 0 Å². The molecule has 1 heterocycles. The number of rotatable bonds is 4. The van der Waals surface area contributed by atoms with E-state index in [4.69, 9.17) is 9.88 Å². The van der Waals surface area contributed by atoms with E-state index in [0.717, 1.165) is 0 Å². The summed E-state index contributed by atoms with van der Waals surface area (Å²) in [5, 5.41) is 7.89. The van der Waals surface area contributed by atoms with Crippen molar-refractivity contribution >= 4 is 21.6 Å². The number of benzene rings is 1. The van der Waals surface area contributed by atoms with Crippen molar-refractivity contribution in [3.8, 4) is 0 Å². The van der Waals surface area contributed by atoms with Gasteiger partial charge in [-0.2, -0.15) is 0 Å². The predicted octanol–water partition coefficient (Wildman–Crippen LogP) is 0.690. The second-order valence-corrected chi connectivity index (χ2v) is 7.55. The molecule has 3 N–H and O–H groups in total. The Balaban J connectivity index is 2.03. The van der Waals surface area contributed by atoms with Crippen molar-refractivity contribution in [2.24, 2.45) is 5.14 Å². The fourth-order valence-electron chi connectivity index (χ4n) is 2.80. The number of aryl methyl sites for hydroxylation is 1. The second kappa shape index (κ2) is 6.96. The molecular weight excluding hydrogens is 318 g/mol. The maximum Gasteiger partial charge on any atom is 0.238 e. The van der Waals surface area contributed by atoms with E-state index >= 15 is 0 Å². The van der Waals surface area contributed by atoms with Crippen LogP contribution in [0.5, 0.6) is 0 Å². The van der Waals surface area contributed by atoms with Crippen LogP contribution < -0.4 is 10.5 Å². The van der Waals surface area contributed by atoms with Crippen molar-refractivity contribution in [1.29, 1.82) is 0 Å². The summed E-state index contributed by atoms with van der Waals surface area (Å²) in [5.74, 6) is -0.199. The zero-order chi connectivity index (χ0) is 17.2. The molecule has 2 atom stereocenters. The standard InChI is InChI=1S/C15H23N3O4S/c1-10-4-5-13(6-14(10)23(16,20)21)17-15(19)9-18-7-11(2)22-12(3)8-18/h4-6,11-12H,7-9H2,1-3H3,(H,17,19)(H2,16,20,21). The fourth-order valence-corrected chi connectivity index (χ4v) is 3.61. The van der Waals surface area contributed by atoms with Crippen molar-refractivity contribution < 1.29 is 17.9 Å². The molecular formula is C15H23N3O4S. The molecule has 1 aromatic rings. The average Bonchev–Trinajstić information content (AvgIpc) is 2.38. The van der Waals surface area contributed by atoms with E-state index in [1.165, 1.54) is 6.07 Å². The number of ether oxygens (including phenoxy) is 1. The molecule has 1 aliphatic rings. The number of carbonyl (C=O) groups is 1. The summed E-state index contributed by atoms with van der Waals surface area (Å²) in [6.45, 7) is 7.21. The Bertz CT molecular complexity index is 680. The highest BCUT2D eigenvalue weighted by molar-refractivity contribution is 7.89. The summed E-state index contributed by atoms with van der Waals surface area (Å²) >= 11 is 0. The van der Waals surface area contributed by atoms with Crippen LogP contribution in [0, 0.1) is 6.92 Å². The van der Waals surface area contributed by atoms with Crippen LogP contribution in [-0.4, -0.2) is 51.1 Å². The highest BCUT2D eigenvalue weighted by atomic mass is 32.2. The number of nitrogens with one attached hydrogen (secondary N) is 1. The number of hydrogen-bond acceptors (Lipinski definition) is 5. The number of hydrogen-bond donors (Lipinski definition) is 2. The van der Waals surface area contributed by atoms with Gasteiger partial charge >= 0.3 is 0 Å². The monoisotopic (exact) mass is 341 g/mol. The Hall–Kier alpha value is -1.48. The zero-order valence-electron chi connectivity index (χ0n) is 13.6. The zero-order valence-corrected chi connectivity index (χ0v) is 14.4. The smallest absolute Gasteiger partial charge is 0.238 e. The van der Waals surface area contributed by atoms with Gasteiger partial charge in [0.1, 0.15) is 0 Å². The van der Waals surface area contributed by atoms with E-state index in [2.05, 4.69) is 5.32 Å². The highest BCUT2D eigenvalue weighted by Gasteiger charge is 2.23. The maximum atomic E-state index is 12.2. The lowest BCUT2D eigenvalue weighted by molar-refractivity contribution is -0.121. The topological polar surface area (TPSA) is 102 Å². The van der Waals surface area contributed by atoms with Crippen LogP contribution in [0.1, 0.15) is 19.4 Å². The summed E-state index contributed by atoms with van der Waals surface area (Å²) < 4.78 is 28.7. The van der Waals surface area contributed by atoms with Gasteiger partial charge in [-0.3, -0.25) is 9.69 Å². The molecule has 0 aromatic heterocycles. The van der Waals surface area contributed by atoms with E-state index in [9.17, 15) is 13.2 Å². The van der Waals surface area contributed by atoms with Crippen molar-refractivity contribution in [2.45, 2.75) is 37.9 Å². The number of carbonyl (C=O) groups excluding carboxylic acids is 1. The van der Waals surface area contributed by atoms with Crippen molar-refractivity contribution in [1.82, 2.24) is 4.90 Å². The Morgan fingerprint density at radius 2 is 1.96 bits per heavy atom. The molecule has 2 rings (SSSR count). The molecule has 1 aromatic carbocycles. The van der Waals surface area contributed by atoms with Crippen LogP contribution in [0.3, 0.4) is 0 Å². The SMILES string of the molecule is Cc1ccc(NC(=O)CN2CC(C)OC(C)C2)cc1S(N)(=O)=O. The third kappa shape index (κ3) is 5.00. The lowest BCUT2D eigenvalue weighted by Gasteiger charge is -2.34. The normalized spacial score (nSPS) is 22.8. The quantitative estimate of drug-likeness (QED) is 0.839. The number of nitrogens with zero attached hydrogens (tertiary/aromatic N) is 1. The third-order valence-electron chi connectivity index (χ3n) is 3.64. The fraction of sp³-hybridized carbons (Fsp3) is 0.533. The Morgan fingerprint density at radius 1 is 1.35 bits per heavy atom. The second-order valence-electron chi connectivity index (χ2n) is 6.02. The van der Waals surface area contributed by atoms with Gasteiger partial charge in [-0.25, -0.2) is 13.6 Å². The van der Waals surface area contributed by atoms with Crippen LogP contribution in [0.15, 0.2) is 23.1 Å². The lowest BCUT2D eigenvalue weighted by Crippen LogP contribution is -2.48. The highest BCUT2D eigenvalue weighted by Crippen LogP contribution is 2.19. The minimum absolute atomic E-state index is 0.0175. The largest absolute Gasteiger partial charge is 0.373 e. The van der Waals surface area contributed by atoms with Gasteiger partial charge in [0.15, 0.2) is 0 Å². The number of anilines is 1. The molecule has 0 spiro atoms. The predicted molar refractivity (Wildman–Crippen MR) is 87.6 cm³/mol. The minimum Gasteiger partial charge on any atom is -0.373 e. The van der Waals surface area contributed by atoms with Gasteiger partial charge in [0.05, 0.1) is 23.6 Å². The van der Waals surface area contributed by atoms with Gasteiger partial charge < -0.3 is 10.1 Å². The number of primary sulfonamides is 1. The first-order chi connectivity index (χ1) is 10.6. The average molecular weight is 341 g/mol. The molecule has 7 nitrogen and oxygen atoms in total. The minimum atomic E-state index is -3.81. The molecule has 1 aliphatic heterocycles. The molecule has 0 bridgehead atoms. The van der Waals surface area contributed by atoms with Crippen molar-refractivity contribution in [3.05, 3.63) is 23.8 Å². The number of amides is 1. The molecule has 1 fully saturated rings. The summed E-state index contributed by atoms with van der Waals surface area (Å²) in [4.78, 5) is 14.2. The summed E-state index contributed by atoms with van der Waals surface area (Å²) in [7, 11) is -3.81. The summed E-state index contributed by atoms with van der Waals surface area (Å²) in [5.41, 5.74) is 0.959. The Labute approximate surface area is 136 Å². The maximum absolute atomic E-state index is 12.2. The van der Waals surface area contributed by atoms with Gasteiger partial charge in [0.25, 0.3) is 0 Å². The molecule has 1 saturated heterocycles. The first kappa shape index (κ1) is 17.9. The van der Waals surface area contributed by atoms with Crippen LogP contribution in [0.2, 0.25) is 0 Å². The van der Waals surface area contributed by atoms with Gasteiger partial charge in [0.2, 0.25) is 15.9 Å². The van der Waals surface area contributed by atoms with E-state index < -0.39 is 10.0 Å². The Kier molecular flexibility index (Phi) is 5.41. The molecule has 2 unspecified atom stereocenters. The van der Waals surface area contributed by atoms with Gasteiger partial charge in [-0.05, 0) is 38.5 Å². The molecule has 1 amide bonds. The van der Waals surface area contributed by atoms with Gasteiger partial charge in [-0.1, -0.05) is 6.07 Å². The third-order valence-corrected chi connectivity index (χ3v) is 4.69. The van der Waals surface area contributed by atoms with Crippen LogP contribution >= 0.6 is 0 Å². The van der Waals surface area contributed by atoms with E-state index in [0.29, 0.717) is 24.3 Å². The van der Waals surface area contributed by atoms with E-state index in [1.54, 1.807) is 19.1 Å². The van der Waals surface area contributed by atoms with Crippen molar-refractivity contribution in [3.63, 3.8) is 0 Å². The number of morpholine rings is 1. The Morgan fingerprint density at radius 3 is 2.52 bits per heavy atom. The lowest BCUT2D eigenvalue weighted by atomic mass is 10.2. The van der Waals surface area contributed by atoms with Gasteiger partial charge in [0, 0.05) is 18.8 Å². The number of nitrogens with two attached hydrogens (primary N) is 1.